The first-order valence-corrected chi connectivity index (χ1v) is 26.7. The molecule has 7 atom stereocenters. The maximum atomic E-state index is 13.0. The highest BCUT2D eigenvalue weighted by Gasteiger charge is 2.44. The van der Waals surface area contributed by atoms with Crippen LogP contribution in [0.1, 0.15) is 245 Å². The zero-order chi connectivity index (χ0) is 45.9. The van der Waals surface area contributed by atoms with E-state index in [9.17, 15) is 30.3 Å². The maximum absolute atomic E-state index is 13.0. The predicted molar refractivity (Wildman–Crippen MR) is 263 cm³/mol. The quantitative estimate of drug-likeness (QED) is 0.0261. The first-order valence-electron chi connectivity index (χ1n) is 26.7. The van der Waals surface area contributed by atoms with Crippen molar-refractivity contribution >= 4 is 5.91 Å². The summed E-state index contributed by atoms with van der Waals surface area (Å²) in [5.74, 6) is -0.190. The van der Waals surface area contributed by atoms with Gasteiger partial charge in [0.15, 0.2) is 6.29 Å². The Balaban J connectivity index is 2.24. The fourth-order valence-corrected chi connectivity index (χ4v) is 8.41. The van der Waals surface area contributed by atoms with Crippen molar-refractivity contribution < 1.29 is 39.8 Å². The Morgan fingerprint density at radius 2 is 0.952 bits per heavy atom. The molecule has 1 amide bonds. The van der Waals surface area contributed by atoms with E-state index in [0.717, 1.165) is 70.6 Å². The highest BCUT2D eigenvalue weighted by Crippen LogP contribution is 2.23. The summed E-state index contributed by atoms with van der Waals surface area (Å²) < 4.78 is 11.2. The van der Waals surface area contributed by atoms with Crippen LogP contribution in [0.3, 0.4) is 0 Å². The van der Waals surface area contributed by atoms with Crippen LogP contribution >= 0.6 is 0 Å². The molecule has 9 nitrogen and oxygen atoms in total. The Hall–Kier alpha value is -1.59. The standard InChI is InChI=1S/C54H101NO8/c1-3-5-7-9-11-13-15-17-19-20-21-22-23-24-25-26-27-28-29-30-31-33-35-37-39-41-43-48(57)47(46-62-54-53(61)52(60)51(59)49(45-56)63-54)55-50(58)44-42-40-38-36-34-32-18-16-14-12-10-8-6-4-2/h10,12,16,18,41,43,47-49,51-54,56-57,59-61H,3-9,11,13-15,17,19-40,42,44-46H2,1-2H3,(H,55,58)/b12-10-,18-16-,43-41+. The zero-order valence-electron chi connectivity index (χ0n) is 40.8. The molecule has 0 bridgehead atoms. The molecule has 1 fully saturated rings. The Bertz CT molecular complexity index is 1080. The molecule has 1 saturated heterocycles. The van der Waals surface area contributed by atoms with Gasteiger partial charge in [0.1, 0.15) is 24.4 Å². The fourth-order valence-electron chi connectivity index (χ4n) is 8.41. The summed E-state index contributed by atoms with van der Waals surface area (Å²) in [5, 5.41) is 54.3. The molecule has 0 radical (unpaired) electrons. The number of allylic oxidation sites excluding steroid dienone is 5. The SMILES string of the molecule is CCCC/C=C\C/C=C\CCCCCCCC(=O)NC(COC1OC(CO)C(O)C(O)C1O)C(O)/C=C/CCCCCCCCCCCCCCCCCCCCCCCCCC. The largest absolute Gasteiger partial charge is 0.394 e. The van der Waals surface area contributed by atoms with Crippen molar-refractivity contribution in [2.45, 2.75) is 288 Å². The second-order valence-corrected chi connectivity index (χ2v) is 18.7. The molecule has 63 heavy (non-hydrogen) atoms. The normalized spacial score (nSPS) is 20.4. The summed E-state index contributed by atoms with van der Waals surface area (Å²) in [5.41, 5.74) is 0. The molecule has 0 aromatic carbocycles. The molecular formula is C54H101NO8. The second kappa shape index (κ2) is 44.3. The van der Waals surface area contributed by atoms with Gasteiger partial charge in [0, 0.05) is 6.42 Å². The van der Waals surface area contributed by atoms with E-state index in [0.29, 0.717) is 6.42 Å². The van der Waals surface area contributed by atoms with Gasteiger partial charge >= 0.3 is 0 Å². The van der Waals surface area contributed by atoms with Crippen LogP contribution in [0.2, 0.25) is 0 Å². The van der Waals surface area contributed by atoms with Crippen molar-refractivity contribution in [1.29, 1.82) is 0 Å². The maximum Gasteiger partial charge on any atom is 0.220 e. The van der Waals surface area contributed by atoms with Gasteiger partial charge in [-0.25, -0.2) is 0 Å². The van der Waals surface area contributed by atoms with E-state index in [4.69, 9.17) is 9.47 Å². The van der Waals surface area contributed by atoms with E-state index < -0.39 is 49.5 Å². The molecule has 0 aromatic rings. The van der Waals surface area contributed by atoms with Gasteiger partial charge in [-0.2, -0.15) is 0 Å². The molecule has 9 heteroatoms. The number of aliphatic hydroxyl groups excluding tert-OH is 5. The predicted octanol–water partition coefficient (Wildman–Crippen LogP) is 12.4. The minimum atomic E-state index is -1.57. The molecule has 6 N–H and O–H groups in total. The highest BCUT2D eigenvalue weighted by molar-refractivity contribution is 5.76. The van der Waals surface area contributed by atoms with E-state index >= 15 is 0 Å². The second-order valence-electron chi connectivity index (χ2n) is 18.7. The average Bonchev–Trinajstić information content (AvgIpc) is 3.28. The number of aliphatic hydroxyl groups is 5. The number of carbonyl (C=O) groups excluding carboxylic acids is 1. The topological polar surface area (TPSA) is 149 Å². The van der Waals surface area contributed by atoms with Gasteiger partial charge in [-0.3, -0.25) is 4.79 Å². The van der Waals surface area contributed by atoms with Crippen LogP contribution < -0.4 is 5.32 Å². The average molecular weight is 892 g/mol. The summed E-state index contributed by atoms with van der Waals surface area (Å²) in [6.07, 6.45) is 49.2. The summed E-state index contributed by atoms with van der Waals surface area (Å²) in [4.78, 5) is 13.0. The van der Waals surface area contributed by atoms with Crippen LogP contribution in [-0.2, 0) is 14.3 Å². The number of unbranched alkanes of at least 4 members (excludes halogenated alkanes) is 31. The summed E-state index contributed by atoms with van der Waals surface area (Å²) in [6.45, 7) is 3.74. The van der Waals surface area contributed by atoms with Gasteiger partial charge in [0.2, 0.25) is 5.91 Å². The first kappa shape index (κ1) is 59.4. The van der Waals surface area contributed by atoms with E-state index in [2.05, 4.69) is 43.5 Å². The van der Waals surface area contributed by atoms with Crippen molar-refractivity contribution in [3.8, 4) is 0 Å². The number of nitrogens with one attached hydrogen (secondary N) is 1. The minimum Gasteiger partial charge on any atom is -0.394 e. The Labute approximate surface area is 387 Å². The van der Waals surface area contributed by atoms with Crippen LogP contribution in [0.4, 0.5) is 0 Å². The molecule has 0 aliphatic carbocycles. The molecule has 1 heterocycles. The van der Waals surface area contributed by atoms with Gasteiger partial charge in [0.25, 0.3) is 0 Å². The fraction of sp³-hybridized carbons (Fsp3) is 0.870. The van der Waals surface area contributed by atoms with Crippen molar-refractivity contribution in [1.82, 2.24) is 5.32 Å². The van der Waals surface area contributed by atoms with Crippen molar-refractivity contribution in [2.24, 2.45) is 0 Å². The molecule has 1 rings (SSSR count). The molecule has 1 aliphatic heterocycles. The lowest BCUT2D eigenvalue weighted by atomic mass is 9.99. The van der Waals surface area contributed by atoms with Gasteiger partial charge in [0.05, 0.1) is 25.4 Å². The lowest BCUT2D eigenvalue weighted by Crippen LogP contribution is -2.60. The van der Waals surface area contributed by atoms with Crippen LogP contribution in [0, 0.1) is 0 Å². The third-order valence-electron chi connectivity index (χ3n) is 12.7. The molecule has 0 aromatic heterocycles. The van der Waals surface area contributed by atoms with Crippen LogP contribution in [-0.4, -0.2) is 87.5 Å². The summed E-state index contributed by atoms with van der Waals surface area (Å²) in [7, 11) is 0. The number of amides is 1. The van der Waals surface area contributed by atoms with Gasteiger partial charge in [-0.15, -0.1) is 0 Å². The molecule has 0 saturated carbocycles. The van der Waals surface area contributed by atoms with Crippen LogP contribution in [0.15, 0.2) is 36.5 Å². The Morgan fingerprint density at radius 3 is 1.41 bits per heavy atom. The number of ether oxygens (including phenoxy) is 2. The molecule has 7 unspecified atom stereocenters. The number of hydrogen-bond donors (Lipinski definition) is 6. The van der Waals surface area contributed by atoms with Crippen LogP contribution in [0.25, 0.3) is 0 Å². The Kier molecular flexibility index (Phi) is 41.7. The zero-order valence-corrected chi connectivity index (χ0v) is 40.8. The number of carbonyl (C=O) groups is 1. The van der Waals surface area contributed by atoms with Gasteiger partial charge < -0.3 is 40.3 Å². The lowest BCUT2D eigenvalue weighted by Gasteiger charge is -2.40. The number of rotatable bonds is 45. The van der Waals surface area contributed by atoms with E-state index in [1.165, 1.54) is 154 Å². The molecule has 0 spiro atoms. The molecular weight excluding hydrogens is 791 g/mol. The van der Waals surface area contributed by atoms with Gasteiger partial charge in [-0.1, -0.05) is 230 Å². The smallest absolute Gasteiger partial charge is 0.220 e. The number of hydrogen-bond acceptors (Lipinski definition) is 8. The van der Waals surface area contributed by atoms with Crippen molar-refractivity contribution in [2.75, 3.05) is 13.2 Å². The van der Waals surface area contributed by atoms with E-state index in [1.807, 2.05) is 6.08 Å². The third-order valence-corrected chi connectivity index (χ3v) is 12.7. The summed E-state index contributed by atoms with van der Waals surface area (Å²) in [6, 6.07) is -0.811. The van der Waals surface area contributed by atoms with E-state index in [-0.39, 0.29) is 12.5 Å². The van der Waals surface area contributed by atoms with Crippen molar-refractivity contribution in [3.05, 3.63) is 36.5 Å². The minimum absolute atomic E-state index is 0.190. The van der Waals surface area contributed by atoms with Crippen molar-refractivity contribution in [3.63, 3.8) is 0 Å². The first-order chi connectivity index (χ1) is 30.8. The third kappa shape index (κ3) is 34.4. The van der Waals surface area contributed by atoms with Gasteiger partial charge in [-0.05, 0) is 44.9 Å². The molecule has 370 valence electrons. The lowest BCUT2D eigenvalue weighted by molar-refractivity contribution is -0.302. The highest BCUT2D eigenvalue weighted by atomic mass is 16.7. The van der Waals surface area contributed by atoms with Crippen LogP contribution in [0.5, 0.6) is 0 Å². The summed E-state index contributed by atoms with van der Waals surface area (Å²) >= 11 is 0. The Morgan fingerprint density at radius 1 is 0.540 bits per heavy atom. The monoisotopic (exact) mass is 892 g/mol. The van der Waals surface area contributed by atoms with E-state index in [1.54, 1.807) is 6.08 Å². The molecule has 1 aliphatic rings.